The normalized spacial score (nSPS) is 10.4. The van der Waals surface area contributed by atoms with Crippen LogP contribution in [-0.2, 0) is 6.54 Å². The third-order valence-electron chi connectivity index (χ3n) is 2.20. The molecule has 2 aromatic heterocycles. The zero-order chi connectivity index (χ0) is 11.4. The van der Waals surface area contributed by atoms with Crippen molar-refractivity contribution in [2.75, 3.05) is 0 Å². The zero-order valence-electron chi connectivity index (χ0n) is 8.92. The average molecular weight is 232 g/mol. The van der Waals surface area contributed by atoms with E-state index < -0.39 is 0 Å². The molecule has 16 heavy (non-hydrogen) atoms. The van der Waals surface area contributed by atoms with E-state index in [1.54, 1.807) is 24.8 Å². The fraction of sp³-hybridized carbons (Fsp3) is 0.182. The molecule has 2 aromatic rings. The van der Waals surface area contributed by atoms with Crippen molar-refractivity contribution in [1.82, 2.24) is 15.0 Å². The van der Waals surface area contributed by atoms with Gasteiger partial charge in [-0.15, -0.1) is 0 Å². The fourth-order valence-electron chi connectivity index (χ4n) is 1.34. The van der Waals surface area contributed by atoms with Crippen LogP contribution in [0.1, 0.15) is 11.1 Å². The average Bonchev–Trinajstić information content (AvgIpc) is 2.31. The van der Waals surface area contributed by atoms with Gasteiger partial charge in [-0.2, -0.15) is 0 Å². The summed E-state index contributed by atoms with van der Waals surface area (Å²) in [6, 6.07) is 1.96. The molecule has 0 radical (unpaired) electrons. The van der Waals surface area contributed by atoms with E-state index in [2.05, 4.69) is 15.0 Å². The van der Waals surface area contributed by atoms with Crippen LogP contribution in [0.2, 0.25) is 0 Å². The van der Waals surface area contributed by atoms with Crippen molar-refractivity contribution in [3.63, 3.8) is 0 Å². The second kappa shape index (κ2) is 5.05. The van der Waals surface area contributed by atoms with Crippen molar-refractivity contribution >= 4 is 11.8 Å². The van der Waals surface area contributed by atoms with Gasteiger partial charge in [0.1, 0.15) is 10.1 Å². The third-order valence-corrected chi connectivity index (χ3v) is 3.16. The Morgan fingerprint density at radius 1 is 1.25 bits per heavy atom. The standard InChI is InChI=1S/C11H12N4S/c1-8-2-3-15-11(9(8)6-12)16-10-7-13-4-5-14-10/h2-5,7H,6,12H2,1H3. The van der Waals surface area contributed by atoms with E-state index in [4.69, 9.17) is 5.73 Å². The smallest absolute Gasteiger partial charge is 0.121 e. The Morgan fingerprint density at radius 3 is 2.81 bits per heavy atom. The minimum atomic E-state index is 0.488. The topological polar surface area (TPSA) is 64.7 Å². The van der Waals surface area contributed by atoms with E-state index in [9.17, 15) is 0 Å². The second-order valence-corrected chi connectivity index (χ2v) is 4.27. The lowest BCUT2D eigenvalue weighted by molar-refractivity contribution is 0.937. The van der Waals surface area contributed by atoms with Gasteiger partial charge in [0.2, 0.25) is 0 Å². The summed E-state index contributed by atoms with van der Waals surface area (Å²) in [4.78, 5) is 12.5. The lowest BCUT2D eigenvalue weighted by Gasteiger charge is -2.07. The minimum absolute atomic E-state index is 0.488. The summed E-state index contributed by atoms with van der Waals surface area (Å²) in [5, 5.41) is 1.73. The highest BCUT2D eigenvalue weighted by atomic mass is 32.2. The first kappa shape index (κ1) is 11.0. The Morgan fingerprint density at radius 2 is 2.12 bits per heavy atom. The molecule has 2 N–H and O–H groups in total. The highest BCUT2D eigenvalue weighted by Crippen LogP contribution is 2.27. The van der Waals surface area contributed by atoms with Gasteiger partial charge in [-0.05, 0) is 30.3 Å². The first-order valence-electron chi connectivity index (χ1n) is 4.89. The Hall–Kier alpha value is -1.46. The van der Waals surface area contributed by atoms with Crippen LogP contribution >= 0.6 is 11.8 Å². The highest BCUT2D eigenvalue weighted by Gasteiger charge is 2.07. The molecule has 5 heteroatoms. The Bertz CT molecular complexity index is 473. The van der Waals surface area contributed by atoms with E-state index >= 15 is 0 Å². The molecular formula is C11H12N4S. The lowest BCUT2D eigenvalue weighted by Crippen LogP contribution is -2.02. The minimum Gasteiger partial charge on any atom is -0.326 e. The van der Waals surface area contributed by atoms with Gasteiger partial charge >= 0.3 is 0 Å². The predicted octanol–water partition coefficient (Wildman–Crippen LogP) is 1.79. The molecule has 0 bridgehead atoms. The van der Waals surface area contributed by atoms with Gasteiger partial charge in [-0.25, -0.2) is 9.97 Å². The van der Waals surface area contributed by atoms with Gasteiger partial charge in [0, 0.05) is 30.7 Å². The quantitative estimate of drug-likeness (QED) is 0.874. The number of pyridine rings is 1. The van der Waals surface area contributed by atoms with Crippen LogP contribution in [0, 0.1) is 6.92 Å². The number of hydrogen-bond acceptors (Lipinski definition) is 5. The number of aryl methyl sites for hydroxylation is 1. The van der Waals surface area contributed by atoms with Crippen LogP contribution in [0.4, 0.5) is 0 Å². The van der Waals surface area contributed by atoms with E-state index in [0.29, 0.717) is 6.54 Å². The molecule has 0 spiro atoms. The predicted molar refractivity (Wildman–Crippen MR) is 63.0 cm³/mol. The first-order chi connectivity index (χ1) is 7.81. The van der Waals surface area contributed by atoms with E-state index in [-0.39, 0.29) is 0 Å². The summed E-state index contributed by atoms with van der Waals surface area (Å²) in [7, 11) is 0. The molecule has 0 aliphatic heterocycles. The summed E-state index contributed by atoms with van der Waals surface area (Å²) in [5.74, 6) is 0. The molecule has 2 rings (SSSR count). The zero-order valence-corrected chi connectivity index (χ0v) is 9.74. The molecule has 0 saturated carbocycles. The molecular weight excluding hydrogens is 220 g/mol. The van der Waals surface area contributed by atoms with Crippen molar-refractivity contribution < 1.29 is 0 Å². The molecule has 4 nitrogen and oxygen atoms in total. The number of rotatable bonds is 3. The molecule has 0 aliphatic carbocycles. The summed E-state index contributed by atoms with van der Waals surface area (Å²) in [6.45, 7) is 2.52. The van der Waals surface area contributed by atoms with Gasteiger partial charge in [-0.3, -0.25) is 4.98 Å². The molecule has 0 aromatic carbocycles. The molecule has 0 atom stereocenters. The maximum Gasteiger partial charge on any atom is 0.121 e. The Balaban J connectivity index is 2.31. The van der Waals surface area contributed by atoms with Crippen LogP contribution in [0.15, 0.2) is 40.9 Å². The Kier molecular flexibility index (Phi) is 3.48. The third kappa shape index (κ3) is 2.37. The van der Waals surface area contributed by atoms with Crippen LogP contribution < -0.4 is 5.73 Å². The van der Waals surface area contributed by atoms with Crippen LogP contribution in [0.5, 0.6) is 0 Å². The summed E-state index contributed by atoms with van der Waals surface area (Å²) in [5.41, 5.74) is 7.94. The van der Waals surface area contributed by atoms with Gasteiger partial charge in [0.05, 0.1) is 6.20 Å². The van der Waals surface area contributed by atoms with Gasteiger partial charge in [0.25, 0.3) is 0 Å². The molecule has 0 saturated heterocycles. The first-order valence-corrected chi connectivity index (χ1v) is 5.71. The maximum atomic E-state index is 5.72. The number of nitrogens with two attached hydrogens (primary N) is 1. The van der Waals surface area contributed by atoms with Gasteiger partial charge in [0.15, 0.2) is 0 Å². The monoisotopic (exact) mass is 232 g/mol. The van der Waals surface area contributed by atoms with Crippen LogP contribution in [0.25, 0.3) is 0 Å². The second-order valence-electron chi connectivity index (χ2n) is 3.26. The highest BCUT2D eigenvalue weighted by molar-refractivity contribution is 7.99. The maximum absolute atomic E-state index is 5.72. The summed E-state index contributed by atoms with van der Waals surface area (Å²) < 4.78 is 0. The van der Waals surface area contributed by atoms with Crippen molar-refractivity contribution in [2.45, 2.75) is 23.5 Å². The van der Waals surface area contributed by atoms with Crippen molar-refractivity contribution in [1.29, 1.82) is 0 Å². The molecule has 0 aliphatic rings. The van der Waals surface area contributed by atoms with Crippen molar-refractivity contribution in [3.05, 3.63) is 42.0 Å². The molecule has 82 valence electrons. The largest absolute Gasteiger partial charge is 0.326 e. The van der Waals surface area contributed by atoms with Gasteiger partial charge in [-0.1, -0.05) is 0 Å². The van der Waals surface area contributed by atoms with Gasteiger partial charge < -0.3 is 5.73 Å². The van der Waals surface area contributed by atoms with Crippen LogP contribution in [0.3, 0.4) is 0 Å². The van der Waals surface area contributed by atoms with Crippen LogP contribution in [-0.4, -0.2) is 15.0 Å². The van der Waals surface area contributed by atoms with E-state index in [1.165, 1.54) is 11.8 Å². The number of nitrogens with zero attached hydrogens (tertiary/aromatic N) is 3. The SMILES string of the molecule is Cc1ccnc(Sc2cnccn2)c1CN. The molecule has 0 amide bonds. The van der Waals surface area contributed by atoms with Crippen molar-refractivity contribution in [3.8, 4) is 0 Å². The molecule has 0 unspecified atom stereocenters. The fourth-order valence-corrected chi connectivity index (χ4v) is 2.24. The molecule has 2 heterocycles. The van der Waals surface area contributed by atoms with E-state index in [0.717, 1.165) is 21.2 Å². The summed E-state index contributed by atoms with van der Waals surface area (Å²) in [6.07, 6.45) is 6.82. The number of hydrogen-bond donors (Lipinski definition) is 1. The Labute approximate surface area is 98.3 Å². The van der Waals surface area contributed by atoms with Crippen molar-refractivity contribution in [2.24, 2.45) is 5.73 Å². The van der Waals surface area contributed by atoms with E-state index in [1.807, 2.05) is 13.0 Å². The summed E-state index contributed by atoms with van der Waals surface area (Å²) >= 11 is 1.49. The number of aromatic nitrogens is 3. The lowest BCUT2D eigenvalue weighted by atomic mass is 10.2. The molecule has 0 fully saturated rings.